The highest BCUT2D eigenvalue weighted by atomic mass is 35.5. The van der Waals surface area contributed by atoms with E-state index in [0.717, 1.165) is 0 Å². The molecule has 0 unspecified atom stereocenters. The van der Waals surface area contributed by atoms with Gasteiger partial charge in [0, 0.05) is 0 Å². The Morgan fingerprint density at radius 2 is 1.72 bits per heavy atom. The maximum atomic E-state index is 12.4. The molecule has 3 rings (SSSR count). The number of aromatic carboxylic acids is 1. The summed E-state index contributed by atoms with van der Waals surface area (Å²) in [6, 6.07) is 15.9. The average molecular weight is 455 g/mol. The summed E-state index contributed by atoms with van der Waals surface area (Å²) in [5.74, 6) is -0.440. The number of nitrogens with zero attached hydrogens (tertiary/aromatic N) is 1. The highest BCUT2D eigenvalue weighted by molar-refractivity contribution is 6.33. The number of anilines is 1. The molecule has 0 spiro atoms. The highest BCUT2D eigenvalue weighted by Crippen LogP contribution is 2.29. The summed E-state index contributed by atoms with van der Waals surface area (Å²) < 4.78 is 15.8. The molecule has 0 saturated carbocycles. The third kappa shape index (κ3) is 5.55. The zero-order valence-corrected chi connectivity index (χ0v) is 17.9. The van der Waals surface area contributed by atoms with Gasteiger partial charge in [-0.3, -0.25) is 5.43 Å². The number of hydrogen-bond donors (Lipinski definition) is 2. The minimum atomic E-state index is -1.13. The lowest BCUT2D eigenvalue weighted by Crippen LogP contribution is -2.09. The average Bonchev–Trinajstić information content (AvgIpc) is 2.80. The number of halogens is 1. The summed E-state index contributed by atoms with van der Waals surface area (Å²) >= 11 is 5.86. The number of benzene rings is 3. The number of hydrazone groups is 1. The van der Waals surface area contributed by atoms with E-state index < -0.39 is 11.9 Å². The van der Waals surface area contributed by atoms with Gasteiger partial charge in [-0.15, -0.1) is 0 Å². The number of esters is 1. The monoisotopic (exact) mass is 454 g/mol. The summed E-state index contributed by atoms with van der Waals surface area (Å²) in [4.78, 5) is 23.6. The van der Waals surface area contributed by atoms with E-state index in [1.54, 1.807) is 55.6 Å². The van der Waals surface area contributed by atoms with Crippen LogP contribution >= 0.6 is 11.6 Å². The Morgan fingerprint density at radius 3 is 2.38 bits per heavy atom. The topological polar surface area (TPSA) is 106 Å². The zero-order chi connectivity index (χ0) is 23.1. The third-order valence-corrected chi connectivity index (χ3v) is 4.65. The van der Waals surface area contributed by atoms with Crippen LogP contribution in [0, 0.1) is 0 Å². The molecule has 0 aliphatic heterocycles. The summed E-state index contributed by atoms with van der Waals surface area (Å²) in [5.41, 5.74) is 4.19. The second-order valence-electron chi connectivity index (χ2n) is 6.40. The van der Waals surface area contributed by atoms with Crippen LogP contribution in [0.15, 0.2) is 65.8 Å². The van der Waals surface area contributed by atoms with Crippen LogP contribution < -0.4 is 19.6 Å². The van der Waals surface area contributed by atoms with E-state index in [1.165, 1.54) is 25.5 Å². The van der Waals surface area contributed by atoms with Gasteiger partial charge in [0.15, 0.2) is 11.5 Å². The first-order chi connectivity index (χ1) is 15.4. The van der Waals surface area contributed by atoms with Crippen molar-refractivity contribution >= 4 is 35.4 Å². The maximum Gasteiger partial charge on any atom is 0.343 e. The van der Waals surface area contributed by atoms with Gasteiger partial charge in [-0.2, -0.15) is 5.10 Å². The number of carboxylic acid groups (broad SMARTS) is 1. The van der Waals surface area contributed by atoms with E-state index in [-0.39, 0.29) is 16.3 Å². The van der Waals surface area contributed by atoms with Crippen LogP contribution in [0.5, 0.6) is 17.2 Å². The molecule has 32 heavy (non-hydrogen) atoms. The lowest BCUT2D eigenvalue weighted by Gasteiger charge is -2.10. The van der Waals surface area contributed by atoms with Crippen molar-refractivity contribution < 1.29 is 28.9 Å². The van der Waals surface area contributed by atoms with Gasteiger partial charge in [0.25, 0.3) is 0 Å². The van der Waals surface area contributed by atoms with Crippen LogP contribution in [-0.2, 0) is 0 Å². The van der Waals surface area contributed by atoms with Gasteiger partial charge in [-0.1, -0.05) is 11.6 Å². The first kappa shape index (κ1) is 22.6. The summed E-state index contributed by atoms with van der Waals surface area (Å²) in [6.07, 6.45) is 1.51. The Balaban J connectivity index is 1.70. The van der Waals surface area contributed by atoms with Crippen molar-refractivity contribution in [3.8, 4) is 17.2 Å². The van der Waals surface area contributed by atoms with Gasteiger partial charge >= 0.3 is 11.9 Å². The van der Waals surface area contributed by atoms with Crippen molar-refractivity contribution in [3.05, 3.63) is 82.4 Å². The van der Waals surface area contributed by atoms with Gasteiger partial charge in [0.1, 0.15) is 5.75 Å². The van der Waals surface area contributed by atoms with Crippen LogP contribution in [0.3, 0.4) is 0 Å². The predicted octanol–water partition coefficient (Wildman–Crippen LogP) is 4.72. The highest BCUT2D eigenvalue weighted by Gasteiger charge is 2.13. The molecule has 0 aromatic heterocycles. The van der Waals surface area contributed by atoms with Gasteiger partial charge < -0.3 is 19.3 Å². The molecule has 8 nitrogen and oxygen atoms in total. The standard InChI is InChI=1S/C23H19ClN2O6/c1-30-17-7-4-15(5-8-17)23(29)32-20-10-3-14(11-21(20)31-2)13-25-26-16-6-9-19(24)18(12-16)22(27)28/h3-13,26H,1-2H3,(H,27,28)/b25-13-. The molecule has 0 fully saturated rings. The van der Waals surface area contributed by atoms with Gasteiger partial charge in [-0.05, 0) is 66.2 Å². The smallest absolute Gasteiger partial charge is 0.343 e. The molecule has 3 aromatic carbocycles. The van der Waals surface area contributed by atoms with Gasteiger partial charge in [-0.25, -0.2) is 9.59 Å². The van der Waals surface area contributed by atoms with E-state index in [0.29, 0.717) is 28.3 Å². The van der Waals surface area contributed by atoms with Crippen LogP contribution in [0.2, 0.25) is 5.02 Å². The first-order valence-electron chi connectivity index (χ1n) is 9.27. The molecule has 0 bridgehead atoms. The minimum Gasteiger partial charge on any atom is -0.497 e. The maximum absolute atomic E-state index is 12.4. The SMILES string of the molecule is COc1ccc(C(=O)Oc2ccc(/C=N\Nc3ccc(Cl)c(C(=O)O)c3)cc2OC)cc1. The second-order valence-corrected chi connectivity index (χ2v) is 6.81. The Bertz CT molecular complexity index is 1160. The fourth-order valence-electron chi connectivity index (χ4n) is 2.67. The van der Waals surface area contributed by atoms with Gasteiger partial charge in [0.05, 0.1) is 42.3 Å². The molecule has 0 heterocycles. The molecule has 0 amide bonds. The molecule has 164 valence electrons. The summed E-state index contributed by atoms with van der Waals surface area (Å²) in [6.45, 7) is 0. The van der Waals surface area contributed by atoms with Crippen LogP contribution in [0.25, 0.3) is 0 Å². The number of methoxy groups -OCH3 is 2. The zero-order valence-electron chi connectivity index (χ0n) is 17.2. The molecular weight excluding hydrogens is 436 g/mol. The number of rotatable bonds is 8. The molecule has 0 saturated heterocycles. The van der Waals surface area contributed by atoms with Crippen molar-refractivity contribution in [1.82, 2.24) is 0 Å². The van der Waals surface area contributed by atoms with E-state index in [1.807, 2.05) is 0 Å². The van der Waals surface area contributed by atoms with Crippen LogP contribution in [0.1, 0.15) is 26.3 Å². The molecule has 0 aliphatic carbocycles. The largest absolute Gasteiger partial charge is 0.497 e. The van der Waals surface area contributed by atoms with Crippen LogP contribution in [-0.4, -0.2) is 37.5 Å². The second kappa shape index (κ2) is 10.3. The Morgan fingerprint density at radius 1 is 0.969 bits per heavy atom. The van der Waals surface area contributed by atoms with E-state index in [2.05, 4.69) is 10.5 Å². The van der Waals surface area contributed by atoms with E-state index in [4.69, 9.17) is 30.9 Å². The van der Waals surface area contributed by atoms with Crippen molar-refractivity contribution in [3.63, 3.8) is 0 Å². The van der Waals surface area contributed by atoms with Crippen molar-refractivity contribution in [2.45, 2.75) is 0 Å². The predicted molar refractivity (Wildman–Crippen MR) is 121 cm³/mol. The number of nitrogens with one attached hydrogen (secondary N) is 1. The molecule has 9 heteroatoms. The fourth-order valence-corrected chi connectivity index (χ4v) is 2.87. The van der Waals surface area contributed by atoms with Crippen molar-refractivity contribution in [2.75, 3.05) is 19.6 Å². The Labute approximate surface area is 189 Å². The third-order valence-electron chi connectivity index (χ3n) is 4.32. The van der Waals surface area contributed by atoms with E-state index in [9.17, 15) is 9.59 Å². The Hall–Kier alpha value is -4.04. The summed E-state index contributed by atoms with van der Waals surface area (Å²) in [5, 5.41) is 13.4. The normalized spacial score (nSPS) is 10.6. The molecule has 0 atom stereocenters. The summed E-state index contributed by atoms with van der Waals surface area (Å²) in [7, 11) is 3.00. The molecule has 3 aromatic rings. The van der Waals surface area contributed by atoms with Crippen molar-refractivity contribution in [1.29, 1.82) is 0 Å². The lowest BCUT2D eigenvalue weighted by atomic mass is 10.2. The number of carbonyl (C=O) groups is 2. The lowest BCUT2D eigenvalue weighted by molar-refractivity contribution is 0.0694. The quantitative estimate of drug-likeness (QED) is 0.219. The fraction of sp³-hybridized carbons (Fsp3) is 0.0870. The number of hydrogen-bond acceptors (Lipinski definition) is 7. The number of carboxylic acids is 1. The van der Waals surface area contributed by atoms with Crippen molar-refractivity contribution in [2.24, 2.45) is 5.10 Å². The van der Waals surface area contributed by atoms with E-state index >= 15 is 0 Å². The minimum absolute atomic E-state index is 0.0310. The molecule has 2 N–H and O–H groups in total. The van der Waals surface area contributed by atoms with Crippen LogP contribution in [0.4, 0.5) is 5.69 Å². The molecular formula is C23H19ClN2O6. The number of carbonyl (C=O) groups excluding carboxylic acids is 1. The first-order valence-corrected chi connectivity index (χ1v) is 9.65. The number of ether oxygens (including phenoxy) is 3. The van der Waals surface area contributed by atoms with Gasteiger partial charge in [0.2, 0.25) is 0 Å². The molecule has 0 radical (unpaired) electrons. The molecule has 0 aliphatic rings. The Kier molecular flexibility index (Phi) is 7.30.